The van der Waals surface area contributed by atoms with Gasteiger partial charge in [0.15, 0.2) is 11.3 Å². The number of nitrogens with one attached hydrogen (secondary N) is 1. The number of nitrogens with two attached hydrogens (primary N) is 1. The van der Waals surface area contributed by atoms with E-state index in [1.165, 1.54) is 18.5 Å². The molecule has 158 valence electrons. The van der Waals surface area contributed by atoms with E-state index < -0.39 is 24.4 Å². The molecule has 7 nitrogen and oxygen atoms in total. The summed E-state index contributed by atoms with van der Waals surface area (Å²) in [5, 5.41) is 0.663. The van der Waals surface area contributed by atoms with Gasteiger partial charge in [0.05, 0.1) is 12.3 Å². The normalized spacial score (nSPS) is 18.9. The van der Waals surface area contributed by atoms with Crippen molar-refractivity contribution >= 4 is 35.1 Å². The number of ketones is 1. The highest BCUT2D eigenvalue weighted by Gasteiger charge is 2.46. The first-order chi connectivity index (χ1) is 13.9. The van der Waals surface area contributed by atoms with E-state index in [0.29, 0.717) is 22.3 Å². The molecule has 3 heterocycles. The Morgan fingerprint density at radius 2 is 2.13 bits per heavy atom. The molecule has 11 heteroatoms. The second-order valence-electron chi connectivity index (χ2n) is 6.74. The van der Waals surface area contributed by atoms with Crippen molar-refractivity contribution in [3.63, 3.8) is 0 Å². The lowest BCUT2D eigenvalue weighted by Crippen LogP contribution is -2.45. The topological polar surface area (TPSA) is 106 Å². The van der Waals surface area contributed by atoms with Crippen LogP contribution in [0.25, 0.3) is 11.0 Å². The average Bonchev–Trinajstić information content (AvgIpc) is 3.13. The number of alkyl halides is 2. The van der Waals surface area contributed by atoms with Gasteiger partial charge < -0.3 is 15.5 Å². The van der Waals surface area contributed by atoms with Crippen LogP contribution in [0.5, 0.6) is 0 Å². The highest BCUT2D eigenvalue weighted by atomic mass is 35.5. The van der Waals surface area contributed by atoms with Crippen molar-refractivity contribution in [2.75, 3.05) is 13.2 Å². The number of hydrogen-bond acceptors (Lipinski definition) is 6. The van der Waals surface area contributed by atoms with Gasteiger partial charge in [0.25, 0.3) is 6.43 Å². The van der Waals surface area contributed by atoms with E-state index in [1.54, 1.807) is 12.3 Å². The van der Waals surface area contributed by atoms with E-state index in [1.807, 2.05) is 0 Å². The van der Waals surface area contributed by atoms with Crippen molar-refractivity contribution in [2.24, 2.45) is 10.7 Å². The molecule has 1 aromatic carbocycles. The lowest BCUT2D eigenvalue weighted by atomic mass is 9.88. The van der Waals surface area contributed by atoms with Crippen LogP contribution in [0.15, 0.2) is 41.8 Å². The Bertz CT molecular complexity index is 1090. The molecule has 0 fully saturated rings. The van der Waals surface area contributed by atoms with Crippen LogP contribution < -0.4 is 5.73 Å². The van der Waals surface area contributed by atoms with Gasteiger partial charge in [0, 0.05) is 23.6 Å². The van der Waals surface area contributed by atoms with Gasteiger partial charge in [0.2, 0.25) is 0 Å². The predicted molar refractivity (Wildman–Crippen MR) is 106 cm³/mol. The van der Waals surface area contributed by atoms with Gasteiger partial charge in [-0.15, -0.1) is 12.4 Å². The molecule has 0 saturated heterocycles. The summed E-state index contributed by atoms with van der Waals surface area (Å²) >= 11 is 0. The van der Waals surface area contributed by atoms with Gasteiger partial charge in [0.1, 0.15) is 30.2 Å². The van der Waals surface area contributed by atoms with Crippen molar-refractivity contribution in [1.29, 1.82) is 0 Å². The summed E-state index contributed by atoms with van der Waals surface area (Å²) in [6.45, 7) is -0.613. The predicted octanol–water partition coefficient (Wildman–Crippen LogP) is 2.79. The van der Waals surface area contributed by atoms with Crippen LogP contribution in [-0.2, 0) is 16.7 Å². The summed E-state index contributed by atoms with van der Waals surface area (Å²) in [4.78, 5) is 27.2. The lowest BCUT2D eigenvalue weighted by Gasteiger charge is -2.33. The minimum Gasteiger partial charge on any atom is -0.385 e. The molecule has 1 atom stereocenters. The summed E-state index contributed by atoms with van der Waals surface area (Å²) in [7, 11) is 0. The summed E-state index contributed by atoms with van der Waals surface area (Å²) < 4.78 is 47.4. The molecule has 4 rings (SSSR count). The Labute approximate surface area is 175 Å². The van der Waals surface area contributed by atoms with Crippen LogP contribution in [0.3, 0.4) is 0 Å². The third-order valence-electron chi connectivity index (χ3n) is 4.73. The number of aromatic amines is 1. The summed E-state index contributed by atoms with van der Waals surface area (Å²) in [5.41, 5.74) is 4.11. The smallest absolute Gasteiger partial charge is 0.269 e. The number of carbonyl (C=O) groups is 1. The molecule has 3 N–H and O–H groups in total. The number of carbonyl (C=O) groups excluding carboxylic acids is 1. The summed E-state index contributed by atoms with van der Waals surface area (Å²) in [6.07, 6.45) is -0.271. The van der Waals surface area contributed by atoms with Gasteiger partial charge in [-0.05, 0) is 23.8 Å². The van der Waals surface area contributed by atoms with Crippen LogP contribution in [0, 0.1) is 5.82 Å². The Morgan fingerprint density at radius 3 is 2.83 bits per heavy atom. The second kappa shape index (κ2) is 8.41. The molecule has 0 spiro atoms. The first-order valence-electron chi connectivity index (χ1n) is 8.70. The summed E-state index contributed by atoms with van der Waals surface area (Å²) in [6, 6.07) is 5.23. The van der Waals surface area contributed by atoms with Gasteiger partial charge in [-0.3, -0.25) is 9.79 Å². The Balaban J connectivity index is 0.00000256. The first kappa shape index (κ1) is 21.7. The largest absolute Gasteiger partial charge is 0.385 e. The lowest BCUT2D eigenvalue weighted by molar-refractivity contribution is -0.0146. The Hall–Kier alpha value is -2.98. The quantitative estimate of drug-likeness (QED) is 0.594. The fourth-order valence-electron chi connectivity index (χ4n) is 3.31. The standard InChI is InChI=1S/C19H16F3N5O2.ClH/c20-13-2-1-10(3-12(13)19(18(21)22)8-29-7-16(23)27-19)4-15(28)14-5-11-6-24-9-25-17(11)26-14;/h1-3,5-6,9,18H,4,7-8H2,(H2,23,27)(H,24,25,26);1H/t19-;/m0./s1. The number of hydrogen-bond donors (Lipinski definition) is 2. The Kier molecular flexibility index (Phi) is 6.09. The van der Waals surface area contributed by atoms with Crippen molar-refractivity contribution in [2.45, 2.75) is 18.4 Å². The number of nitrogens with zero attached hydrogens (tertiary/aromatic N) is 3. The maximum absolute atomic E-state index is 14.5. The fourth-order valence-corrected chi connectivity index (χ4v) is 3.31. The molecule has 0 unspecified atom stereocenters. The minimum atomic E-state index is -3.05. The number of rotatable bonds is 5. The number of fused-ring (bicyclic) bond motifs is 1. The van der Waals surface area contributed by atoms with Crippen LogP contribution in [-0.4, -0.2) is 46.2 Å². The maximum atomic E-state index is 14.5. The molecule has 0 aliphatic carbocycles. The van der Waals surface area contributed by atoms with Crippen LogP contribution in [0.2, 0.25) is 0 Å². The molecule has 3 aromatic rings. The van der Waals surface area contributed by atoms with Crippen LogP contribution >= 0.6 is 12.4 Å². The van der Waals surface area contributed by atoms with Crippen molar-refractivity contribution in [3.8, 4) is 0 Å². The number of Topliss-reactive ketones (excluding diaryl/α,β-unsaturated/α-hetero) is 1. The second-order valence-corrected chi connectivity index (χ2v) is 6.74. The van der Waals surface area contributed by atoms with E-state index in [4.69, 9.17) is 10.5 Å². The van der Waals surface area contributed by atoms with E-state index in [2.05, 4.69) is 19.9 Å². The molecule has 1 aliphatic heterocycles. The number of aromatic nitrogens is 3. The Morgan fingerprint density at radius 1 is 1.33 bits per heavy atom. The van der Waals surface area contributed by atoms with E-state index in [-0.39, 0.29) is 42.6 Å². The van der Waals surface area contributed by atoms with Crippen molar-refractivity contribution in [1.82, 2.24) is 15.0 Å². The number of halogens is 4. The molecule has 1 aliphatic rings. The molecule has 0 saturated carbocycles. The highest BCUT2D eigenvalue weighted by Crippen LogP contribution is 2.37. The SMILES string of the molecule is Cl.NC1=N[C@@](c2cc(CC(=O)c3cc4cncnc4[nH]3)ccc2F)(C(F)F)COC1. The summed E-state index contributed by atoms with van der Waals surface area (Å²) in [5.74, 6) is -1.32. The number of ether oxygens (including phenoxy) is 1. The highest BCUT2D eigenvalue weighted by molar-refractivity contribution is 5.99. The molecule has 0 radical (unpaired) electrons. The zero-order chi connectivity index (χ0) is 20.6. The maximum Gasteiger partial charge on any atom is 0.269 e. The first-order valence-corrected chi connectivity index (χ1v) is 8.70. The van der Waals surface area contributed by atoms with Crippen LogP contribution in [0.4, 0.5) is 13.2 Å². The zero-order valence-corrected chi connectivity index (χ0v) is 16.3. The average molecular weight is 440 g/mol. The van der Waals surface area contributed by atoms with E-state index in [0.717, 1.165) is 6.07 Å². The molecule has 0 bridgehead atoms. The molecular weight excluding hydrogens is 423 g/mol. The van der Waals surface area contributed by atoms with E-state index in [9.17, 15) is 18.0 Å². The third-order valence-corrected chi connectivity index (χ3v) is 4.73. The monoisotopic (exact) mass is 439 g/mol. The number of H-pyrrole nitrogens is 1. The van der Waals surface area contributed by atoms with Gasteiger partial charge >= 0.3 is 0 Å². The van der Waals surface area contributed by atoms with Gasteiger partial charge in [-0.1, -0.05) is 6.07 Å². The minimum absolute atomic E-state index is 0. The third kappa shape index (κ3) is 3.88. The van der Waals surface area contributed by atoms with Crippen molar-refractivity contribution in [3.05, 3.63) is 59.4 Å². The number of aliphatic imine (C=N–C) groups is 1. The molecule has 30 heavy (non-hydrogen) atoms. The van der Waals surface area contributed by atoms with Gasteiger partial charge in [-0.2, -0.15) is 0 Å². The number of amidine groups is 1. The molecule has 2 aromatic heterocycles. The molecule has 0 amide bonds. The van der Waals surface area contributed by atoms with E-state index >= 15 is 0 Å². The van der Waals surface area contributed by atoms with Crippen molar-refractivity contribution < 1.29 is 22.7 Å². The van der Waals surface area contributed by atoms with Crippen LogP contribution in [0.1, 0.15) is 21.6 Å². The zero-order valence-electron chi connectivity index (χ0n) is 15.4. The fraction of sp³-hybridized carbons (Fsp3) is 0.263. The van der Waals surface area contributed by atoms with Gasteiger partial charge in [-0.25, -0.2) is 23.1 Å². The molecular formula is C19H17ClF3N5O2. The number of benzene rings is 1.